The third-order valence-electron chi connectivity index (χ3n) is 4.46. The molecule has 0 spiro atoms. The standard InChI is InChI=1S/C19H20ClN5O/c1-23(2)15-5-6-22-17(12-15)19(26)25-9-7-24(8-10-25)18-4-3-14(13-21)11-16(18)20/h3-6,11-12H,7-10H2,1-2H3. The molecule has 26 heavy (non-hydrogen) atoms. The van der Waals surface area contributed by atoms with E-state index in [2.05, 4.69) is 16.0 Å². The van der Waals surface area contributed by atoms with Crippen molar-refractivity contribution in [3.63, 3.8) is 0 Å². The van der Waals surface area contributed by atoms with Crippen molar-refractivity contribution in [2.45, 2.75) is 0 Å². The molecule has 1 aromatic carbocycles. The van der Waals surface area contributed by atoms with Gasteiger partial charge in [0.25, 0.3) is 5.91 Å². The Bertz CT molecular complexity index is 853. The summed E-state index contributed by atoms with van der Waals surface area (Å²) in [6, 6.07) is 11.1. The predicted molar refractivity (Wildman–Crippen MR) is 103 cm³/mol. The molecular weight excluding hydrogens is 350 g/mol. The Morgan fingerprint density at radius 1 is 1.19 bits per heavy atom. The molecule has 0 bridgehead atoms. The van der Waals surface area contributed by atoms with Crippen LogP contribution in [0.3, 0.4) is 0 Å². The fourth-order valence-electron chi connectivity index (χ4n) is 2.96. The lowest BCUT2D eigenvalue weighted by molar-refractivity contribution is 0.0741. The highest BCUT2D eigenvalue weighted by atomic mass is 35.5. The molecule has 2 heterocycles. The lowest BCUT2D eigenvalue weighted by atomic mass is 10.2. The Morgan fingerprint density at radius 2 is 1.92 bits per heavy atom. The molecule has 1 aromatic heterocycles. The minimum Gasteiger partial charge on any atom is -0.378 e. The van der Waals surface area contributed by atoms with Gasteiger partial charge in [-0.05, 0) is 30.3 Å². The summed E-state index contributed by atoms with van der Waals surface area (Å²) in [6.07, 6.45) is 1.66. The second-order valence-corrected chi connectivity index (χ2v) is 6.76. The number of rotatable bonds is 3. The smallest absolute Gasteiger partial charge is 0.272 e. The first-order chi connectivity index (χ1) is 12.5. The number of anilines is 2. The van der Waals surface area contributed by atoms with Gasteiger partial charge in [0.15, 0.2) is 0 Å². The van der Waals surface area contributed by atoms with Gasteiger partial charge in [0, 0.05) is 52.2 Å². The van der Waals surface area contributed by atoms with Gasteiger partial charge >= 0.3 is 0 Å². The van der Waals surface area contributed by atoms with Crippen molar-refractivity contribution < 1.29 is 4.79 Å². The van der Waals surface area contributed by atoms with Crippen LogP contribution >= 0.6 is 11.6 Å². The van der Waals surface area contributed by atoms with Gasteiger partial charge in [0.2, 0.25) is 0 Å². The van der Waals surface area contributed by atoms with Gasteiger partial charge in [-0.25, -0.2) is 0 Å². The zero-order chi connectivity index (χ0) is 18.7. The van der Waals surface area contributed by atoms with Crippen LogP contribution in [-0.4, -0.2) is 56.1 Å². The molecule has 1 fully saturated rings. The van der Waals surface area contributed by atoms with Crippen LogP contribution < -0.4 is 9.80 Å². The lowest BCUT2D eigenvalue weighted by Gasteiger charge is -2.36. The van der Waals surface area contributed by atoms with Crippen LogP contribution in [0.2, 0.25) is 5.02 Å². The van der Waals surface area contributed by atoms with Crippen LogP contribution in [0.25, 0.3) is 0 Å². The van der Waals surface area contributed by atoms with Crippen LogP contribution in [0.15, 0.2) is 36.5 Å². The second-order valence-electron chi connectivity index (χ2n) is 6.35. The highest BCUT2D eigenvalue weighted by Crippen LogP contribution is 2.28. The zero-order valence-corrected chi connectivity index (χ0v) is 15.6. The third kappa shape index (κ3) is 3.73. The summed E-state index contributed by atoms with van der Waals surface area (Å²) >= 11 is 6.30. The molecule has 0 aliphatic carbocycles. The van der Waals surface area contributed by atoms with Gasteiger partial charge in [-0.3, -0.25) is 9.78 Å². The molecule has 1 saturated heterocycles. The van der Waals surface area contributed by atoms with E-state index in [1.807, 2.05) is 42.1 Å². The number of hydrogen-bond donors (Lipinski definition) is 0. The maximum absolute atomic E-state index is 12.7. The number of amides is 1. The molecule has 1 aliphatic heterocycles. The van der Waals surface area contributed by atoms with Gasteiger partial charge in [-0.15, -0.1) is 0 Å². The van der Waals surface area contributed by atoms with E-state index in [4.69, 9.17) is 16.9 Å². The molecule has 0 unspecified atom stereocenters. The number of aromatic nitrogens is 1. The molecule has 134 valence electrons. The summed E-state index contributed by atoms with van der Waals surface area (Å²) in [5.74, 6) is -0.0562. The van der Waals surface area contributed by atoms with Gasteiger partial charge in [-0.2, -0.15) is 5.26 Å². The molecule has 2 aromatic rings. The first kappa shape index (κ1) is 18.0. The maximum Gasteiger partial charge on any atom is 0.272 e. The Labute approximate surface area is 158 Å². The van der Waals surface area contributed by atoms with Crippen LogP contribution in [0, 0.1) is 11.3 Å². The highest BCUT2D eigenvalue weighted by molar-refractivity contribution is 6.33. The van der Waals surface area contributed by atoms with E-state index in [1.165, 1.54) is 0 Å². The largest absolute Gasteiger partial charge is 0.378 e. The van der Waals surface area contributed by atoms with Crippen molar-refractivity contribution in [2.75, 3.05) is 50.1 Å². The molecule has 1 amide bonds. The van der Waals surface area contributed by atoms with Crippen molar-refractivity contribution >= 4 is 28.9 Å². The third-order valence-corrected chi connectivity index (χ3v) is 4.77. The highest BCUT2D eigenvalue weighted by Gasteiger charge is 2.24. The van der Waals surface area contributed by atoms with E-state index in [9.17, 15) is 4.79 Å². The first-order valence-electron chi connectivity index (χ1n) is 8.37. The van der Waals surface area contributed by atoms with Crippen molar-refractivity contribution in [2.24, 2.45) is 0 Å². The maximum atomic E-state index is 12.7. The molecule has 0 radical (unpaired) electrons. The van der Waals surface area contributed by atoms with Gasteiger partial charge in [0.1, 0.15) is 5.69 Å². The van der Waals surface area contributed by atoms with E-state index < -0.39 is 0 Å². The number of benzene rings is 1. The lowest BCUT2D eigenvalue weighted by Crippen LogP contribution is -2.49. The molecule has 0 saturated carbocycles. The number of nitrogens with zero attached hydrogens (tertiary/aromatic N) is 5. The molecule has 6 nitrogen and oxygen atoms in total. The number of pyridine rings is 1. The Balaban J connectivity index is 1.68. The van der Waals surface area contributed by atoms with Gasteiger partial charge < -0.3 is 14.7 Å². The number of carbonyl (C=O) groups is 1. The molecule has 1 aliphatic rings. The normalized spacial score (nSPS) is 14.1. The van der Waals surface area contributed by atoms with Crippen LogP contribution in [-0.2, 0) is 0 Å². The number of nitriles is 1. The van der Waals surface area contributed by atoms with Crippen LogP contribution in [0.5, 0.6) is 0 Å². The number of carbonyl (C=O) groups excluding carboxylic acids is 1. The molecule has 7 heteroatoms. The number of halogens is 1. The fraction of sp³-hybridized carbons (Fsp3) is 0.316. The summed E-state index contributed by atoms with van der Waals surface area (Å²) in [5.41, 5.74) is 2.84. The van der Waals surface area contributed by atoms with Crippen LogP contribution in [0.1, 0.15) is 16.1 Å². The van der Waals surface area contributed by atoms with E-state index >= 15 is 0 Å². The minimum atomic E-state index is -0.0562. The predicted octanol–water partition coefficient (Wildman–Crippen LogP) is 2.64. The number of hydrogen-bond acceptors (Lipinski definition) is 5. The number of piperazine rings is 1. The Hall–Kier alpha value is -2.78. The average molecular weight is 370 g/mol. The second kappa shape index (κ2) is 7.63. The quantitative estimate of drug-likeness (QED) is 0.832. The van der Waals surface area contributed by atoms with Crippen molar-refractivity contribution in [3.8, 4) is 6.07 Å². The minimum absolute atomic E-state index is 0.0562. The molecule has 3 rings (SSSR count). The monoisotopic (exact) mass is 369 g/mol. The van der Waals surface area contributed by atoms with Gasteiger partial charge in [0.05, 0.1) is 22.3 Å². The average Bonchev–Trinajstić information content (AvgIpc) is 2.67. The van der Waals surface area contributed by atoms with E-state index in [0.717, 1.165) is 11.4 Å². The fourth-order valence-corrected chi connectivity index (χ4v) is 3.26. The summed E-state index contributed by atoms with van der Waals surface area (Å²) in [7, 11) is 3.87. The summed E-state index contributed by atoms with van der Waals surface area (Å²) in [5, 5.41) is 9.51. The van der Waals surface area contributed by atoms with E-state index in [-0.39, 0.29) is 5.91 Å². The van der Waals surface area contributed by atoms with Crippen molar-refractivity contribution in [3.05, 3.63) is 52.8 Å². The van der Waals surface area contributed by atoms with E-state index in [0.29, 0.717) is 42.5 Å². The summed E-state index contributed by atoms with van der Waals surface area (Å²) < 4.78 is 0. The zero-order valence-electron chi connectivity index (χ0n) is 14.8. The Morgan fingerprint density at radius 3 is 2.54 bits per heavy atom. The summed E-state index contributed by atoms with van der Waals surface area (Å²) in [6.45, 7) is 2.57. The van der Waals surface area contributed by atoms with Crippen molar-refractivity contribution in [1.29, 1.82) is 5.26 Å². The topological polar surface area (TPSA) is 63.5 Å². The van der Waals surface area contributed by atoms with Gasteiger partial charge in [-0.1, -0.05) is 11.6 Å². The van der Waals surface area contributed by atoms with E-state index in [1.54, 1.807) is 18.3 Å². The first-order valence-corrected chi connectivity index (χ1v) is 8.74. The molecule has 0 N–H and O–H groups in total. The molecule has 0 atom stereocenters. The SMILES string of the molecule is CN(C)c1ccnc(C(=O)N2CCN(c3ccc(C#N)cc3Cl)CC2)c1. The van der Waals surface area contributed by atoms with Crippen molar-refractivity contribution in [1.82, 2.24) is 9.88 Å². The molecular formula is C19H20ClN5O. The van der Waals surface area contributed by atoms with Crippen LogP contribution in [0.4, 0.5) is 11.4 Å². The Kier molecular flexibility index (Phi) is 5.29. The summed E-state index contributed by atoms with van der Waals surface area (Å²) in [4.78, 5) is 22.9.